The molecule has 0 aliphatic carbocycles. The number of nitrogens with one attached hydrogen (secondary N) is 1. The number of para-hydroxylation sites is 1. The molecule has 0 aliphatic rings. The molecule has 35 heavy (non-hydrogen) atoms. The summed E-state index contributed by atoms with van der Waals surface area (Å²) in [6.07, 6.45) is 1.95. The van der Waals surface area contributed by atoms with Gasteiger partial charge in [0.15, 0.2) is 5.82 Å². The third kappa shape index (κ3) is 4.42. The van der Waals surface area contributed by atoms with Crippen LogP contribution in [-0.4, -0.2) is 53.9 Å². The van der Waals surface area contributed by atoms with Gasteiger partial charge in [-0.15, -0.1) is 5.10 Å². The predicted molar refractivity (Wildman–Crippen MR) is 133 cm³/mol. The molecule has 11 heteroatoms. The number of H-pyrrole nitrogens is 1. The fourth-order valence-corrected chi connectivity index (χ4v) is 4.38. The molecule has 5 rings (SSSR count). The van der Waals surface area contributed by atoms with Crippen molar-refractivity contribution in [3.63, 3.8) is 0 Å². The number of aromatic nitrogens is 7. The molecule has 0 spiro atoms. The van der Waals surface area contributed by atoms with E-state index in [9.17, 15) is 4.79 Å². The van der Waals surface area contributed by atoms with Gasteiger partial charge in [0.1, 0.15) is 0 Å². The normalized spacial score (nSPS) is 11.2. The van der Waals surface area contributed by atoms with Gasteiger partial charge in [-0.3, -0.25) is 4.57 Å². The monoisotopic (exact) mass is 535 g/mol. The molecule has 0 unspecified atom stereocenters. The van der Waals surface area contributed by atoms with Crippen LogP contribution in [0.1, 0.15) is 29.8 Å². The van der Waals surface area contributed by atoms with Crippen LogP contribution >= 0.6 is 15.9 Å². The standard InChI is InChI=1S/C24H22BrN7O3/c1-3-34-23(33)18-6-5-7-19-21(18)32(24(26-19)35-4-2)13-15-8-10-17(11-9-15)31-14-16(25)12-20(31)22-27-29-30-28-22/h5-12,14H,3-4,13H2,1-2H3,(H,27,28,29,30). The van der Waals surface area contributed by atoms with Gasteiger partial charge in [0.25, 0.3) is 6.01 Å². The smallest absolute Gasteiger partial charge is 0.340 e. The minimum absolute atomic E-state index is 0.296. The highest BCUT2D eigenvalue weighted by Gasteiger charge is 2.20. The first-order valence-corrected chi connectivity index (χ1v) is 11.9. The summed E-state index contributed by atoms with van der Waals surface area (Å²) in [7, 11) is 0. The maximum absolute atomic E-state index is 12.6. The first-order chi connectivity index (χ1) is 17.1. The van der Waals surface area contributed by atoms with Gasteiger partial charge >= 0.3 is 5.97 Å². The van der Waals surface area contributed by atoms with Crippen molar-refractivity contribution in [3.05, 3.63) is 70.3 Å². The maximum Gasteiger partial charge on any atom is 0.340 e. The molecule has 3 heterocycles. The fraction of sp³-hybridized carbons (Fsp3) is 0.208. The number of nitrogens with zero attached hydrogens (tertiary/aromatic N) is 6. The molecule has 0 saturated heterocycles. The highest BCUT2D eigenvalue weighted by atomic mass is 79.9. The summed E-state index contributed by atoms with van der Waals surface area (Å²) in [6, 6.07) is 15.9. The number of hydrogen-bond acceptors (Lipinski definition) is 7. The van der Waals surface area contributed by atoms with Crippen molar-refractivity contribution in [2.45, 2.75) is 20.4 Å². The Morgan fingerprint density at radius 2 is 1.94 bits per heavy atom. The van der Waals surface area contributed by atoms with Gasteiger partial charge in [-0.25, -0.2) is 9.89 Å². The number of tetrazole rings is 1. The molecule has 0 atom stereocenters. The van der Waals surface area contributed by atoms with Crippen LogP contribution < -0.4 is 4.74 Å². The number of esters is 1. The van der Waals surface area contributed by atoms with Crippen molar-refractivity contribution in [2.75, 3.05) is 13.2 Å². The molecule has 0 saturated carbocycles. The summed E-state index contributed by atoms with van der Waals surface area (Å²) in [5.74, 6) is 0.183. The summed E-state index contributed by atoms with van der Waals surface area (Å²) in [4.78, 5) is 17.2. The molecule has 178 valence electrons. The predicted octanol–water partition coefficient (Wildman–Crippen LogP) is 4.39. The van der Waals surface area contributed by atoms with Gasteiger partial charge < -0.3 is 14.0 Å². The van der Waals surface area contributed by atoms with Crippen molar-refractivity contribution in [1.82, 2.24) is 34.7 Å². The lowest BCUT2D eigenvalue weighted by molar-refractivity contribution is 0.0528. The molecule has 0 amide bonds. The van der Waals surface area contributed by atoms with Gasteiger partial charge in [0.05, 0.1) is 42.0 Å². The molecular weight excluding hydrogens is 514 g/mol. The van der Waals surface area contributed by atoms with Crippen molar-refractivity contribution in [3.8, 4) is 23.2 Å². The lowest BCUT2D eigenvalue weighted by Crippen LogP contribution is -2.10. The number of rotatable bonds is 8. The zero-order chi connectivity index (χ0) is 24.4. The van der Waals surface area contributed by atoms with E-state index in [0.29, 0.717) is 48.2 Å². The first kappa shape index (κ1) is 22.8. The molecule has 10 nitrogen and oxygen atoms in total. The Bertz CT molecular complexity index is 1470. The number of carbonyl (C=O) groups is 1. The van der Waals surface area contributed by atoms with Crippen LogP contribution in [0, 0.1) is 0 Å². The molecule has 0 radical (unpaired) electrons. The Labute approximate surface area is 209 Å². The molecular formula is C24H22BrN7O3. The highest BCUT2D eigenvalue weighted by Crippen LogP contribution is 2.29. The number of carbonyl (C=O) groups excluding carboxylic acids is 1. The summed E-state index contributed by atoms with van der Waals surface area (Å²) in [6.45, 7) is 4.91. The lowest BCUT2D eigenvalue weighted by Gasteiger charge is -2.12. The van der Waals surface area contributed by atoms with Crippen LogP contribution in [0.5, 0.6) is 6.01 Å². The van der Waals surface area contributed by atoms with Crippen LogP contribution in [0.25, 0.3) is 28.2 Å². The molecule has 0 aliphatic heterocycles. The third-order valence-corrected chi connectivity index (χ3v) is 5.86. The minimum atomic E-state index is -0.384. The van der Waals surface area contributed by atoms with Crippen molar-refractivity contribution in [1.29, 1.82) is 0 Å². The van der Waals surface area contributed by atoms with E-state index in [2.05, 4.69) is 41.5 Å². The van der Waals surface area contributed by atoms with Crippen LogP contribution in [0.3, 0.4) is 0 Å². The van der Waals surface area contributed by atoms with E-state index in [1.807, 2.05) is 58.7 Å². The average molecular weight is 536 g/mol. The Morgan fingerprint density at radius 1 is 1.11 bits per heavy atom. The quantitative estimate of drug-likeness (QED) is 0.293. The number of aromatic amines is 1. The Balaban J connectivity index is 1.52. The van der Waals surface area contributed by atoms with Crippen LogP contribution in [0.2, 0.25) is 0 Å². The van der Waals surface area contributed by atoms with Crippen LogP contribution in [0.15, 0.2) is 59.2 Å². The first-order valence-electron chi connectivity index (χ1n) is 11.1. The van der Waals surface area contributed by atoms with E-state index in [1.54, 1.807) is 19.1 Å². The lowest BCUT2D eigenvalue weighted by atomic mass is 10.1. The highest BCUT2D eigenvalue weighted by molar-refractivity contribution is 9.10. The molecule has 5 aromatic rings. The van der Waals surface area contributed by atoms with Gasteiger partial charge in [-0.05, 0) is 76.1 Å². The number of hydrogen-bond donors (Lipinski definition) is 1. The number of ether oxygens (including phenoxy) is 2. The van der Waals surface area contributed by atoms with Gasteiger partial charge in [-0.1, -0.05) is 18.2 Å². The van der Waals surface area contributed by atoms with E-state index in [0.717, 1.165) is 21.4 Å². The Hall–Kier alpha value is -3.99. The zero-order valence-corrected chi connectivity index (χ0v) is 20.7. The number of halogens is 1. The van der Waals surface area contributed by atoms with Gasteiger partial charge in [-0.2, -0.15) is 4.98 Å². The van der Waals surface area contributed by atoms with E-state index < -0.39 is 0 Å². The number of fused-ring (bicyclic) bond motifs is 1. The molecule has 0 bridgehead atoms. The topological polar surface area (TPSA) is 113 Å². The summed E-state index contributed by atoms with van der Waals surface area (Å²) >= 11 is 3.53. The molecule has 2 aromatic carbocycles. The van der Waals surface area contributed by atoms with E-state index in [-0.39, 0.29) is 5.97 Å². The van der Waals surface area contributed by atoms with E-state index in [1.165, 1.54) is 0 Å². The molecule has 3 aromatic heterocycles. The largest absolute Gasteiger partial charge is 0.465 e. The van der Waals surface area contributed by atoms with Crippen LogP contribution in [0.4, 0.5) is 0 Å². The Morgan fingerprint density at radius 3 is 2.66 bits per heavy atom. The van der Waals surface area contributed by atoms with Crippen molar-refractivity contribution >= 4 is 32.9 Å². The fourth-order valence-electron chi connectivity index (χ4n) is 3.96. The SMILES string of the molecule is CCOC(=O)c1cccc2nc(OCC)n(Cc3ccc(-n4cc(Br)cc4-c4nnn[nH]4)cc3)c12. The van der Waals surface area contributed by atoms with E-state index >= 15 is 0 Å². The summed E-state index contributed by atoms with van der Waals surface area (Å²) in [5.41, 5.74) is 4.61. The zero-order valence-electron chi connectivity index (χ0n) is 19.1. The van der Waals surface area contributed by atoms with Crippen molar-refractivity contribution in [2.24, 2.45) is 0 Å². The summed E-state index contributed by atoms with van der Waals surface area (Å²) < 4.78 is 15.9. The van der Waals surface area contributed by atoms with Gasteiger partial charge in [0.2, 0.25) is 0 Å². The number of benzene rings is 2. The second-order valence-electron chi connectivity index (χ2n) is 7.64. The average Bonchev–Trinajstić information content (AvgIpc) is 3.59. The maximum atomic E-state index is 12.6. The summed E-state index contributed by atoms with van der Waals surface area (Å²) in [5, 5.41) is 14.2. The molecule has 1 N–H and O–H groups in total. The van der Waals surface area contributed by atoms with Crippen LogP contribution in [-0.2, 0) is 11.3 Å². The van der Waals surface area contributed by atoms with Crippen molar-refractivity contribution < 1.29 is 14.3 Å². The van der Waals surface area contributed by atoms with E-state index in [4.69, 9.17) is 9.47 Å². The number of imidazole rings is 1. The second kappa shape index (κ2) is 9.71. The van der Waals surface area contributed by atoms with Gasteiger partial charge in [0, 0.05) is 16.4 Å². The molecule has 0 fully saturated rings. The third-order valence-electron chi connectivity index (χ3n) is 5.43. The minimum Gasteiger partial charge on any atom is -0.465 e. The Kier molecular flexibility index (Phi) is 6.32. The second-order valence-corrected chi connectivity index (χ2v) is 8.55.